The molecule has 0 fully saturated rings. The fourth-order valence-electron chi connectivity index (χ4n) is 9.60. The molecule has 3 heterocycles. The van der Waals surface area contributed by atoms with Gasteiger partial charge in [0.25, 0.3) is 6.33 Å². The third-order valence-electron chi connectivity index (χ3n) is 13.9. The normalized spacial score (nSPS) is 12.3. The maximum absolute atomic E-state index is 6.96. The number of hydrogen-bond donors (Lipinski definition) is 0. The van der Waals surface area contributed by atoms with Crippen molar-refractivity contribution in [3.63, 3.8) is 0 Å². The van der Waals surface area contributed by atoms with Gasteiger partial charge in [0.2, 0.25) is 0 Å². The minimum Gasteiger partial charge on any atom is -0.510 e. The zero-order valence-electron chi connectivity index (χ0n) is 41.8. The van der Waals surface area contributed by atoms with E-state index < -0.39 is 5.41 Å². The van der Waals surface area contributed by atoms with Gasteiger partial charge in [0.05, 0.1) is 11.4 Å². The summed E-state index contributed by atoms with van der Waals surface area (Å²) < 4.78 is 13.4. The molecule has 0 bridgehead atoms. The molecule has 0 amide bonds. The zero-order valence-corrected chi connectivity index (χ0v) is 44.1. The molecule has 0 atom stereocenters. The molecule has 70 heavy (non-hydrogen) atoms. The maximum atomic E-state index is 6.96. The minimum atomic E-state index is -0.407. The second kappa shape index (κ2) is 18.5. The van der Waals surface area contributed by atoms with Gasteiger partial charge in [-0.05, 0) is 91.0 Å². The summed E-state index contributed by atoms with van der Waals surface area (Å²) in [5.41, 5.74) is 12.4. The Morgan fingerprint density at radius 3 is 1.81 bits per heavy atom. The Labute approximate surface area is 428 Å². The van der Waals surface area contributed by atoms with Crippen LogP contribution in [0, 0.1) is 18.5 Å². The van der Waals surface area contributed by atoms with Crippen LogP contribution in [-0.4, -0.2) is 14.1 Å². The van der Waals surface area contributed by atoms with Gasteiger partial charge in [-0.3, -0.25) is 4.57 Å². The van der Waals surface area contributed by atoms with Crippen LogP contribution in [0.4, 0.5) is 0 Å². The van der Waals surface area contributed by atoms with Crippen molar-refractivity contribution >= 4 is 21.8 Å². The molecule has 3 aromatic heterocycles. The predicted molar refractivity (Wildman–Crippen MR) is 282 cm³/mol. The van der Waals surface area contributed by atoms with Gasteiger partial charge >= 0.3 is 0 Å². The van der Waals surface area contributed by atoms with Crippen molar-refractivity contribution in [2.45, 2.75) is 90.9 Å². The van der Waals surface area contributed by atoms with Crippen LogP contribution in [0.3, 0.4) is 0 Å². The van der Waals surface area contributed by atoms with E-state index in [9.17, 15) is 0 Å². The molecule has 7 aromatic carbocycles. The fourth-order valence-corrected chi connectivity index (χ4v) is 9.60. The van der Waals surface area contributed by atoms with Crippen molar-refractivity contribution in [1.82, 2.24) is 14.1 Å². The van der Waals surface area contributed by atoms with Crippen LogP contribution in [0.15, 0.2) is 182 Å². The zero-order chi connectivity index (χ0) is 48.3. The summed E-state index contributed by atoms with van der Waals surface area (Å²) >= 11 is 0. The van der Waals surface area contributed by atoms with Crippen LogP contribution in [-0.2, 0) is 42.7 Å². The quantitative estimate of drug-likeness (QED) is 0.101. The summed E-state index contributed by atoms with van der Waals surface area (Å²) in [6, 6.07) is 67.6. The van der Waals surface area contributed by atoms with Crippen LogP contribution in [0.5, 0.6) is 11.5 Å². The first-order chi connectivity index (χ1) is 33.0. The van der Waals surface area contributed by atoms with Crippen LogP contribution in [0.25, 0.3) is 50.3 Å². The van der Waals surface area contributed by atoms with E-state index in [0.717, 1.165) is 55.8 Å². The molecule has 10 rings (SSSR count). The van der Waals surface area contributed by atoms with E-state index in [1.807, 2.05) is 22.9 Å². The average molecular weight is 1100 g/mol. The number of fused-ring (bicyclic) bond motifs is 3. The van der Waals surface area contributed by atoms with Gasteiger partial charge < -0.3 is 13.9 Å². The summed E-state index contributed by atoms with van der Waals surface area (Å²) in [6.45, 7) is 22.8. The van der Waals surface area contributed by atoms with Gasteiger partial charge in [-0.2, -0.15) is 12.1 Å². The van der Waals surface area contributed by atoms with Crippen LogP contribution in [0.1, 0.15) is 103 Å². The van der Waals surface area contributed by atoms with Crippen molar-refractivity contribution in [2.75, 3.05) is 0 Å². The average Bonchev–Trinajstić information content (AvgIpc) is 3.95. The van der Waals surface area contributed by atoms with E-state index >= 15 is 0 Å². The van der Waals surface area contributed by atoms with E-state index in [1.54, 1.807) is 0 Å². The van der Waals surface area contributed by atoms with Crippen LogP contribution < -0.4 is 9.30 Å². The van der Waals surface area contributed by atoms with Gasteiger partial charge in [-0.25, -0.2) is 4.98 Å². The smallest absolute Gasteiger partial charge is 0.267 e. The molecule has 0 radical (unpaired) electrons. The Morgan fingerprint density at radius 2 is 1.14 bits per heavy atom. The number of imidazole rings is 1. The Kier molecular flexibility index (Phi) is 12.7. The minimum absolute atomic E-state index is 0. The Bertz CT molecular complexity index is 3480. The second-order valence-corrected chi connectivity index (χ2v) is 21.5. The third kappa shape index (κ3) is 9.09. The third-order valence-corrected chi connectivity index (χ3v) is 13.9. The van der Waals surface area contributed by atoms with Crippen molar-refractivity contribution in [3.05, 3.63) is 234 Å². The number of benzene rings is 7. The van der Waals surface area contributed by atoms with E-state index in [0.29, 0.717) is 11.5 Å². The number of nitrogens with zero attached hydrogens (tertiary/aromatic N) is 4. The molecule has 0 unspecified atom stereocenters. The fraction of sp³-hybridized carbons (Fsp3) is 0.219. The van der Waals surface area contributed by atoms with Gasteiger partial charge in [-0.15, -0.1) is 29.8 Å². The topological polar surface area (TPSA) is 35.9 Å². The molecule has 6 heteroatoms. The van der Waals surface area contributed by atoms with Crippen molar-refractivity contribution in [1.29, 1.82) is 0 Å². The van der Waals surface area contributed by atoms with Gasteiger partial charge in [0, 0.05) is 55.9 Å². The maximum Gasteiger partial charge on any atom is 0.267 e. The Hall–Kier alpha value is -6.81. The molecular formula is C64H60N4OPt-2. The second-order valence-electron chi connectivity index (χ2n) is 21.5. The molecule has 0 aliphatic rings. The first-order valence-electron chi connectivity index (χ1n) is 24.0. The molecule has 0 saturated carbocycles. The van der Waals surface area contributed by atoms with E-state index in [2.05, 4.69) is 261 Å². The van der Waals surface area contributed by atoms with Crippen molar-refractivity contribution in [2.24, 2.45) is 0 Å². The molecule has 0 spiro atoms. The molecule has 10 aromatic rings. The molecule has 354 valence electrons. The number of hydrogen-bond acceptors (Lipinski definition) is 2. The molecule has 5 nitrogen and oxygen atoms in total. The van der Waals surface area contributed by atoms with Crippen molar-refractivity contribution in [3.8, 4) is 39.9 Å². The van der Waals surface area contributed by atoms with Crippen LogP contribution >= 0.6 is 0 Å². The van der Waals surface area contributed by atoms with E-state index in [1.165, 1.54) is 27.8 Å². The monoisotopic (exact) mass is 1100 g/mol. The Balaban J connectivity index is 0.00000608. The Morgan fingerprint density at radius 1 is 0.529 bits per heavy atom. The molecule has 0 aliphatic carbocycles. The van der Waals surface area contributed by atoms with Gasteiger partial charge in [-0.1, -0.05) is 195 Å². The summed E-state index contributed by atoms with van der Waals surface area (Å²) in [5.74, 6) is 2.00. The number of para-hydroxylation sites is 1. The summed E-state index contributed by atoms with van der Waals surface area (Å²) in [5, 5.41) is 2.26. The predicted octanol–water partition coefficient (Wildman–Crippen LogP) is 15.4. The van der Waals surface area contributed by atoms with Crippen molar-refractivity contribution < 1.29 is 30.4 Å². The number of rotatable bonds is 10. The molecule has 0 aliphatic heterocycles. The molecular weight excluding hydrogens is 1040 g/mol. The van der Waals surface area contributed by atoms with E-state index in [4.69, 9.17) is 9.72 Å². The first-order valence-corrected chi connectivity index (χ1v) is 24.0. The number of aromatic nitrogens is 4. The molecule has 0 N–H and O–H groups in total. The SMILES string of the molecule is CC(C)(C)c1cc(-[n+]2[c-]n(-c3[c-]c(Oc4[c-]c5c(c(C(C)(C)c6ccccc6)c4)c4ccccc4n5-c4cc(C(C)(C)C)ccn4)ccc3)cc2-c2ccccc2)cc(C(C)(C)c2ccccc2)c1.[Pt]. The van der Waals surface area contributed by atoms with Crippen LogP contribution in [0.2, 0.25) is 0 Å². The number of ether oxygens (including phenoxy) is 1. The summed E-state index contributed by atoms with van der Waals surface area (Å²) in [4.78, 5) is 4.99. The first kappa shape index (κ1) is 48.2. The van der Waals surface area contributed by atoms with Gasteiger partial charge in [0.15, 0.2) is 0 Å². The standard InChI is InChI=1S/C64H60N4O.Pt/c1-61(2,3)47-33-34-65-59(38-47)68-56-32-21-20-31-54(56)60-55(64(9,10)46-27-18-13-19-28-46)40-53(41-57(60)68)69-52-30-22-29-50(39-52)66-42-58(44-23-14-11-15-24-44)67(43-66)51-36-48(62(4,5)6)35-49(37-51)63(7,8)45-25-16-12-17-26-45;/h11-38,40,42H,1-10H3;/q-2;. The number of pyridine rings is 1. The largest absolute Gasteiger partial charge is 0.510 e. The molecule has 0 saturated heterocycles. The summed E-state index contributed by atoms with van der Waals surface area (Å²) in [7, 11) is 0. The van der Waals surface area contributed by atoms with E-state index in [-0.39, 0.29) is 37.3 Å². The summed E-state index contributed by atoms with van der Waals surface area (Å²) in [6.07, 6.45) is 7.82. The van der Waals surface area contributed by atoms with Gasteiger partial charge in [0.1, 0.15) is 5.82 Å².